The Labute approximate surface area is 178 Å². The Morgan fingerprint density at radius 1 is 1.22 bits per heavy atom. The third-order valence-corrected chi connectivity index (χ3v) is 4.54. The molecule has 0 saturated heterocycles. The van der Waals surface area contributed by atoms with Crippen molar-refractivity contribution in [1.82, 2.24) is 15.5 Å². The highest BCUT2D eigenvalue weighted by Crippen LogP contribution is 2.32. The first-order valence-electron chi connectivity index (χ1n) is 9.44. The average Bonchev–Trinajstić information content (AvgIpc) is 3.39. The number of halogens is 1. The third-order valence-electron chi connectivity index (χ3n) is 4.54. The standard InChI is InChI=1S/C19H30N4O3.HI/c1-3-20-19(21-8-9-23(10-11-24-2)16-5-6-16)22-13-15-4-7-17-18(12-15)26-14-25-17;/h4,7,12,16H,3,5-6,8-11,13-14H2,1-2H3,(H2,20,21,22);1H. The minimum atomic E-state index is 0. The molecule has 0 aromatic heterocycles. The molecule has 0 unspecified atom stereocenters. The number of rotatable bonds is 10. The zero-order valence-corrected chi connectivity index (χ0v) is 18.5. The van der Waals surface area contributed by atoms with Crippen molar-refractivity contribution in [3.05, 3.63) is 23.8 Å². The van der Waals surface area contributed by atoms with E-state index in [0.717, 1.165) is 61.8 Å². The Morgan fingerprint density at radius 2 is 2.04 bits per heavy atom. The summed E-state index contributed by atoms with van der Waals surface area (Å²) in [6.45, 7) is 7.46. The number of guanidine groups is 1. The van der Waals surface area contributed by atoms with Crippen LogP contribution in [0.3, 0.4) is 0 Å². The number of nitrogens with one attached hydrogen (secondary N) is 2. The van der Waals surface area contributed by atoms with Crippen LogP contribution in [-0.2, 0) is 11.3 Å². The monoisotopic (exact) mass is 490 g/mol. The van der Waals surface area contributed by atoms with E-state index in [1.807, 2.05) is 18.2 Å². The molecule has 2 N–H and O–H groups in total. The van der Waals surface area contributed by atoms with Gasteiger partial charge in [-0.2, -0.15) is 0 Å². The number of methoxy groups -OCH3 is 1. The molecule has 0 bridgehead atoms. The molecule has 8 heteroatoms. The fourth-order valence-corrected chi connectivity index (χ4v) is 2.99. The summed E-state index contributed by atoms with van der Waals surface area (Å²) in [4.78, 5) is 7.18. The van der Waals surface area contributed by atoms with Gasteiger partial charge < -0.3 is 24.8 Å². The van der Waals surface area contributed by atoms with E-state index in [0.29, 0.717) is 13.3 Å². The van der Waals surface area contributed by atoms with Gasteiger partial charge >= 0.3 is 0 Å². The number of fused-ring (bicyclic) bond motifs is 1. The first-order chi connectivity index (χ1) is 12.8. The number of aliphatic imine (C=N–C) groups is 1. The van der Waals surface area contributed by atoms with E-state index in [-0.39, 0.29) is 24.0 Å². The fraction of sp³-hybridized carbons (Fsp3) is 0.632. The van der Waals surface area contributed by atoms with E-state index < -0.39 is 0 Å². The number of ether oxygens (including phenoxy) is 3. The van der Waals surface area contributed by atoms with Crippen LogP contribution in [0.1, 0.15) is 25.3 Å². The number of nitrogens with zero attached hydrogens (tertiary/aromatic N) is 2. The molecule has 1 aliphatic carbocycles. The lowest BCUT2D eigenvalue weighted by molar-refractivity contribution is 0.144. The van der Waals surface area contributed by atoms with Crippen molar-refractivity contribution in [2.75, 3.05) is 46.7 Å². The third kappa shape index (κ3) is 7.00. The molecule has 1 saturated carbocycles. The first-order valence-corrected chi connectivity index (χ1v) is 9.44. The Morgan fingerprint density at radius 3 is 2.78 bits per heavy atom. The minimum Gasteiger partial charge on any atom is -0.454 e. The van der Waals surface area contributed by atoms with Gasteiger partial charge in [0.15, 0.2) is 17.5 Å². The maximum Gasteiger partial charge on any atom is 0.231 e. The predicted octanol–water partition coefficient (Wildman–Crippen LogP) is 2.20. The van der Waals surface area contributed by atoms with Gasteiger partial charge in [0, 0.05) is 39.3 Å². The normalized spacial score (nSPS) is 15.6. The largest absolute Gasteiger partial charge is 0.454 e. The second-order valence-electron chi connectivity index (χ2n) is 6.57. The van der Waals surface area contributed by atoms with Gasteiger partial charge in [-0.25, -0.2) is 4.99 Å². The molecule has 1 fully saturated rings. The fourth-order valence-electron chi connectivity index (χ4n) is 2.99. The molecule has 1 aliphatic heterocycles. The van der Waals surface area contributed by atoms with E-state index in [4.69, 9.17) is 14.2 Å². The number of hydrogen-bond acceptors (Lipinski definition) is 5. The molecular weight excluding hydrogens is 459 g/mol. The van der Waals surface area contributed by atoms with Gasteiger partial charge in [-0.1, -0.05) is 6.07 Å². The molecule has 27 heavy (non-hydrogen) atoms. The quantitative estimate of drug-likeness (QED) is 0.298. The van der Waals surface area contributed by atoms with Crippen molar-refractivity contribution >= 4 is 29.9 Å². The Kier molecular flexibility index (Phi) is 9.43. The lowest BCUT2D eigenvalue weighted by atomic mass is 10.2. The van der Waals surface area contributed by atoms with Crippen molar-refractivity contribution in [3.8, 4) is 11.5 Å². The van der Waals surface area contributed by atoms with Crippen LogP contribution in [0.25, 0.3) is 0 Å². The van der Waals surface area contributed by atoms with Crippen molar-refractivity contribution in [2.24, 2.45) is 4.99 Å². The van der Waals surface area contributed by atoms with Gasteiger partial charge in [0.25, 0.3) is 0 Å². The number of benzene rings is 1. The average molecular weight is 490 g/mol. The van der Waals surface area contributed by atoms with Gasteiger partial charge in [-0.05, 0) is 37.5 Å². The first kappa shape index (κ1) is 22.0. The zero-order valence-electron chi connectivity index (χ0n) is 16.2. The maximum absolute atomic E-state index is 5.43. The molecule has 0 atom stereocenters. The van der Waals surface area contributed by atoms with Gasteiger partial charge in [0.2, 0.25) is 6.79 Å². The summed E-state index contributed by atoms with van der Waals surface area (Å²) < 4.78 is 16.0. The molecule has 3 rings (SSSR count). The summed E-state index contributed by atoms with van der Waals surface area (Å²) in [6.07, 6.45) is 2.62. The van der Waals surface area contributed by atoms with E-state index in [9.17, 15) is 0 Å². The predicted molar refractivity (Wildman–Crippen MR) is 117 cm³/mol. The molecule has 1 aromatic rings. The summed E-state index contributed by atoms with van der Waals surface area (Å²) in [5.41, 5.74) is 1.10. The summed E-state index contributed by atoms with van der Waals surface area (Å²) in [5, 5.41) is 6.74. The summed E-state index contributed by atoms with van der Waals surface area (Å²) in [5.74, 6) is 2.44. The van der Waals surface area contributed by atoms with Crippen molar-refractivity contribution in [3.63, 3.8) is 0 Å². The Balaban J connectivity index is 0.00000261. The van der Waals surface area contributed by atoms with Crippen LogP contribution in [0.4, 0.5) is 0 Å². The molecule has 1 aromatic carbocycles. The SMILES string of the molecule is CCNC(=NCc1ccc2c(c1)OCO2)NCCN(CCOC)C1CC1.I. The van der Waals surface area contributed by atoms with Crippen molar-refractivity contribution < 1.29 is 14.2 Å². The van der Waals surface area contributed by atoms with Crippen LogP contribution in [0.5, 0.6) is 11.5 Å². The van der Waals surface area contributed by atoms with Crippen molar-refractivity contribution in [2.45, 2.75) is 32.4 Å². The topological polar surface area (TPSA) is 67.4 Å². The van der Waals surface area contributed by atoms with E-state index >= 15 is 0 Å². The molecule has 152 valence electrons. The van der Waals surface area contributed by atoms with Crippen LogP contribution in [0, 0.1) is 0 Å². The molecule has 1 heterocycles. The van der Waals surface area contributed by atoms with E-state index in [1.165, 1.54) is 12.8 Å². The maximum atomic E-state index is 5.43. The van der Waals surface area contributed by atoms with E-state index in [1.54, 1.807) is 7.11 Å². The second-order valence-corrected chi connectivity index (χ2v) is 6.57. The lowest BCUT2D eigenvalue weighted by Crippen LogP contribution is -2.42. The number of hydrogen-bond donors (Lipinski definition) is 2. The smallest absolute Gasteiger partial charge is 0.231 e. The molecule has 2 aliphatic rings. The highest BCUT2D eigenvalue weighted by Gasteiger charge is 2.28. The van der Waals surface area contributed by atoms with Gasteiger partial charge in [-0.3, -0.25) is 4.90 Å². The highest BCUT2D eigenvalue weighted by molar-refractivity contribution is 14.0. The van der Waals surface area contributed by atoms with Crippen LogP contribution in [0.2, 0.25) is 0 Å². The second kappa shape index (κ2) is 11.6. The van der Waals surface area contributed by atoms with Crippen LogP contribution >= 0.6 is 24.0 Å². The lowest BCUT2D eigenvalue weighted by Gasteiger charge is -2.22. The Hall–Kier alpha value is -1.26. The van der Waals surface area contributed by atoms with E-state index in [2.05, 4.69) is 27.4 Å². The highest BCUT2D eigenvalue weighted by atomic mass is 127. The molecule has 0 amide bonds. The molecule has 0 spiro atoms. The van der Waals surface area contributed by atoms with Gasteiger partial charge in [0.05, 0.1) is 13.2 Å². The van der Waals surface area contributed by atoms with Gasteiger partial charge in [-0.15, -0.1) is 24.0 Å². The van der Waals surface area contributed by atoms with Gasteiger partial charge in [0.1, 0.15) is 0 Å². The minimum absolute atomic E-state index is 0. The van der Waals surface area contributed by atoms with Crippen LogP contribution in [0.15, 0.2) is 23.2 Å². The zero-order chi connectivity index (χ0) is 18.2. The Bertz CT molecular complexity index is 611. The molecular formula is C19H31IN4O3. The molecule has 0 radical (unpaired) electrons. The van der Waals surface area contributed by atoms with Crippen molar-refractivity contribution in [1.29, 1.82) is 0 Å². The van der Waals surface area contributed by atoms with Crippen LogP contribution < -0.4 is 20.1 Å². The summed E-state index contributed by atoms with van der Waals surface area (Å²) >= 11 is 0. The summed E-state index contributed by atoms with van der Waals surface area (Å²) in [7, 11) is 1.76. The summed E-state index contributed by atoms with van der Waals surface area (Å²) in [6, 6.07) is 6.70. The van der Waals surface area contributed by atoms with Crippen LogP contribution in [-0.4, -0.2) is 63.6 Å². The molecule has 7 nitrogen and oxygen atoms in total.